The van der Waals surface area contributed by atoms with Crippen molar-refractivity contribution >= 4 is 11.7 Å². The summed E-state index contributed by atoms with van der Waals surface area (Å²) in [5.74, 6) is 1.22. The average Bonchev–Trinajstić information content (AvgIpc) is 2.74. The number of pyridine rings is 1. The Hall–Kier alpha value is -2.38. The minimum absolute atomic E-state index is 0.176. The Balaban J connectivity index is 1.66. The first-order valence-electron chi connectivity index (χ1n) is 11.2. The molecule has 2 aliphatic rings. The van der Waals surface area contributed by atoms with Crippen molar-refractivity contribution in [2.24, 2.45) is 4.99 Å². The summed E-state index contributed by atoms with van der Waals surface area (Å²) in [5.41, 5.74) is -1.21. The number of nitrogens with zero attached hydrogens (tertiary/aromatic N) is 5. The number of alkyl halides is 3. The van der Waals surface area contributed by atoms with Gasteiger partial charge in [0.25, 0.3) is 0 Å². The zero-order valence-corrected chi connectivity index (χ0v) is 18.8. The van der Waals surface area contributed by atoms with Crippen LogP contribution in [0.15, 0.2) is 23.3 Å². The van der Waals surface area contributed by atoms with Crippen LogP contribution in [0.1, 0.15) is 45.1 Å². The molecule has 2 saturated heterocycles. The summed E-state index contributed by atoms with van der Waals surface area (Å²) in [6.07, 6.45) is 2.76. The number of hydrogen-bond acceptors (Lipinski definition) is 6. The molecule has 0 spiro atoms. The lowest BCUT2D eigenvalue weighted by molar-refractivity contribution is -0.137. The van der Waals surface area contributed by atoms with E-state index in [9.17, 15) is 18.4 Å². The number of rotatable bonds is 4. The molecule has 7 nitrogen and oxygen atoms in total. The Bertz CT molecular complexity index is 798. The van der Waals surface area contributed by atoms with Gasteiger partial charge in [0.2, 0.25) is 0 Å². The molecule has 10 heteroatoms. The van der Waals surface area contributed by atoms with Gasteiger partial charge >= 0.3 is 6.18 Å². The lowest BCUT2D eigenvalue weighted by Gasteiger charge is -2.44. The fraction of sp³-hybridized carbons (Fsp3) is 0.682. The van der Waals surface area contributed by atoms with Crippen LogP contribution in [0.5, 0.6) is 0 Å². The molecule has 2 fully saturated rings. The van der Waals surface area contributed by atoms with Crippen LogP contribution in [0, 0.1) is 11.5 Å². The summed E-state index contributed by atoms with van der Waals surface area (Å²) in [5, 5.41) is 15.6. The third-order valence-electron chi connectivity index (χ3n) is 6.33. The standard InChI is InChI=1S/C22H32F3N7/c1-21(2,20(29-16-26)30-18-5-3-4-9-27-10-8-18)32-13-11-31(12-14-32)19-7-6-17(15-28-19)22(23,24)25/h6-7,15,18,27H,3-5,8-14H2,1-2H3,(H,29,30). The smallest absolute Gasteiger partial charge is 0.354 e. The molecule has 1 unspecified atom stereocenters. The normalized spacial score (nSPS) is 22.1. The number of nitriles is 1. The first-order chi connectivity index (χ1) is 15.2. The Morgan fingerprint density at radius 1 is 1.16 bits per heavy atom. The molecule has 1 atom stereocenters. The van der Waals surface area contributed by atoms with Gasteiger partial charge in [-0.1, -0.05) is 6.42 Å². The number of nitrogens with one attached hydrogen (secondary N) is 2. The number of halogens is 3. The number of hydrogen-bond donors (Lipinski definition) is 2. The van der Waals surface area contributed by atoms with Crippen molar-refractivity contribution in [2.75, 3.05) is 44.2 Å². The van der Waals surface area contributed by atoms with Gasteiger partial charge in [0, 0.05) is 32.4 Å². The van der Waals surface area contributed by atoms with Crippen molar-refractivity contribution in [1.82, 2.24) is 20.5 Å². The van der Waals surface area contributed by atoms with E-state index in [1.54, 1.807) is 0 Å². The Morgan fingerprint density at radius 2 is 1.91 bits per heavy atom. The maximum absolute atomic E-state index is 12.8. The van der Waals surface area contributed by atoms with Crippen LogP contribution in [0.25, 0.3) is 0 Å². The second-order valence-electron chi connectivity index (χ2n) is 8.84. The molecule has 2 N–H and O–H groups in total. The van der Waals surface area contributed by atoms with Crippen LogP contribution in [0.3, 0.4) is 0 Å². The van der Waals surface area contributed by atoms with E-state index in [1.165, 1.54) is 6.07 Å². The minimum atomic E-state index is -4.38. The summed E-state index contributed by atoms with van der Waals surface area (Å²) in [4.78, 5) is 13.2. The number of aliphatic imine (C=N–C) groups is 1. The molecule has 0 amide bonds. The van der Waals surface area contributed by atoms with E-state index in [1.807, 2.05) is 11.1 Å². The van der Waals surface area contributed by atoms with E-state index in [-0.39, 0.29) is 6.04 Å². The zero-order chi connectivity index (χ0) is 23.2. The largest absolute Gasteiger partial charge is 0.417 e. The lowest BCUT2D eigenvalue weighted by atomic mass is 9.98. The molecule has 0 bridgehead atoms. The molecule has 3 rings (SSSR count). The molecule has 32 heavy (non-hydrogen) atoms. The van der Waals surface area contributed by atoms with Gasteiger partial charge in [-0.25, -0.2) is 4.98 Å². The third kappa shape index (κ3) is 6.11. The van der Waals surface area contributed by atoms with Crippen molar-refractivity contribution < 1.29 is 13.2 Å². The van der Waals surface area contributed by atoms with E-state index in [4.69, 9.17) is 4.99 Å². The van der Waals surface area contributed by atoms with E-state index in [0.717, 1.165) is 51.0 Å². The number of aromatic nitrogens is 1. The second kappa shape index (κ2) is 10.5. The second-order valence-corrected chi connectivity index (χ2v) is 8.84. The predicted molar refractivity (Wildman–Crippen MR) is 118 cm³/mol. The van der Waals surface area contributed by atoms with Gasteiger partial charge in [0.05, 0.1) is 17.1 Å². The molecule has 0 saturated carbocycles. The Morgan fingerprint density at radius 3 is 2.53 bits per heavy atom. The van der Waals surface area contributed by atoms with Crippen molar-refractivity contribution in [3.63, 3.8) is 0 Å². The summed E-state index contributed by atoms with van der Waals surface area (Å²) < 4.78 is 38.4. The number of piperazine rings is 1. The maximum Gasteiger partial charge on any atom is 0.417 e. The van der Waals surface area contributed by atoms with Crippen LogP contribution in [0.2, 0.25) is 0 Å². The topological polar surface area (TPSA) is 79.6 Å². The highest BCUT2D eigenvalue weighted by molar-refractivity contribution is 5.92. The molecule has 1 aromatic rings. The maximum atomic E-state index is 12.8. The average molecular weight is 452 g/mol. The van der Waals surface area contributed by atoms with Gasteiger partial charge in [0.1, 0.15) is 11.7 Å². The molecular formula is C22H32F3N7. The van der Waals surface area contributed by atoms with Gasteiger partial charge in [-0.2, -0.15) is 18.4 Å². The molecule has 176 valence electrons. The predicted octanol–water partition coefficient (Wildman–Crippen LogP) is 3.00. The van der Waals surface area contributed by atoms with Crippen LogP contribution < -0.4 is 15.5 Å². The monoisotopic (exact) mass is 451 g/mol. The van der Waals surface area contributed by atoms with E-state index in [2.05, 4.69) is 34.4 Å². The van der Waals surface area contributed by atoms with Crippen molar-refractivity contribution in [1.29, 1.82) is 5.26 Å². The molecule has 2 aliphatic heterocycles. The molecule has 3 heterocycles. The summed E-state index contributed by atoms with van der Waals surface area (Å²) in [6.45, 7) is 8.73. The highest BCUT2D eigenvalue weighted by Gasteiger charge is 2.36. The minimum Gasteiger partial charge on any atom is -0.354 e. The fourth-order valence-corrected chi connectivity index (χ4v) is 4.26. The molecule has 0 radical (unpaired) electrons. The first kappa shape index (κ1) is 24.3. The van der Waals surface area contributed by atoms with Crippen LogP contribution in [-0.4, -0.2) is 66.6 Å². The van der Waals surface area contributed by atoms with Gasteiger partial charge in [0.15, 0.2) is 6.19 Å². The van der Waals surface area contributed by atoms with Crippen molar-refractivity contribution in [2.45, 2.75) is 57.3 Å². The van der Waals surface area contributed by atoms with Gasteiger partial charge in [-0.15, -0.1) is 0 Å². The van der Waals surface area contributed by atoms with E-state index < -0.39 is 17.3 Å². The molecule has 1 aromatic heterocycles. The van der Waals surface area contributed by atoms with Gasteiger partial charge in [-0.3, -0.25) is 15.2 Å². The number of anilines is 1. The first-order valence-corrected chi connectivity index (χ1v) is 11.2. The van der Waals surface area contributed by atoms with Crippen LogP contribution in [-0.2, 0) is 6.18 Å². The summed E-state index contributed by atoms with van der Waals surface area (Å²) in [6, 6.07) is 2.68. The quantitative estimate of drug-likeness (QED) is 0.317. The van der Waals surface area contributed by atoms with Gasteiger partial charge < -0.3 is 10.2 Å². The molecule has 0 aliphatic carbocycles. The van der Waals surface area contributed by atoms with Crippen molar-refractivity contribution in [3.05, 3.63) is 23.9 Å². The van der Waals surface area contributed by atoms with Crippen molar-refractivity contribution in [3.8, 4) is 6.19 Å². The highest BCUT2D eigenvalue weighted by Crippen LogP contribution is 2.30. The van der Waals surface area contributed by atoms with Crippen LogP contribution in [0.4, 0.5) is 19.0 Å². The Labute approximate surface area is 187 Å². The summed E-state index contributed by atoms with van der Waals surface area (Å²) in [7, 11) is 0. The summed E-state index contributed by atoms with van der Waals surface area (Å²) >= 11 is 0. The molecular weight excluding hydrogens is 419 g/mol. The number of amidine groups is 1. The van der Waals surface area contributed by atoms with Crippen LogP contribution >= 0.6 is 0 Å². The lowest BCUT2D eigenvalue weighted by Crippen LogP contribution is -2.60. The van der Waals surface area contributed by atoms with E-state index >= 15 is 0 Å². The fourth-order valence-electron chi connectivity index (χ4n) is 4.26. The SMILES string of the molecule is CC(C)(C(=NC1CCCCNCC1)NC#N)N1CCN(c2ccc(C(F)(F)F)cn2)CC1. The molecule has 0 aromatic carbocycles. The van der Waals surface area contributed by atoms with E-state index in [0.29, 0.717) is 37.8 Å². The van der Waals surface area contributed by atoms with Gasteiger partial charge in [-0.05, 0) is 58.3 Å². The zero-order valence-electron chi connectivity index (χ0n) is 18.8. The third-order valence-corrected chi connectivity index (χ3v) is 6.33. The Kier molecular flexibility index (Phi) is 7.96. The highest BCUT2D eigenvalue weighted by atomic mass is 19.4.